The van der Waals surface area contributed by atoms with Crippen molar-refractivity contribution in [1.82, 2.24) is 10.3 Å². The molecular formula is C24H22Cl2N2O6. The lowest BCUT2D eigenvalue weighted by Crippen LogP contribution is -2.32. The third kappa shape index (κ3) is 5.40. The maximum atomic E-state index is 13.1. The smallest absolute Gasteiger partial charge is 0.339 e. The number of ether oxygens (including phenoxy) is 3. The van der Waals surface area contributed by atoms with Crippen LogP contribution >= 0.6 is 23.2 Å². The number of carbonyl (C=O) groups excluding carboxylic acids is 3. The molecule has 2 aromatic rings. The second-order valence-electron chi connectivity index (χ2n) is 7.28. The number of nitrogens with one attached hydrogen (secondary N) is 1. The van der Waals surface area contributed by atoms with Crippen LogP contribution < -0.4 is 5.32 Å². The Balaban J connectivity index is 1.83. The van der Waals surface area contributed by atoms with E-state index in [1.807, 2.05) is 0 Å². The van der Waals surface area contributed by atoms with E-state index >= 15 is 0 Å². The van der Waals surface area contributed by atoms with Gasteiger partial charge in [0.15, 0.2) is 0 Å². The SMILES string of the molecule is COC(=O)C1=C(C)NC(C)=C(C(=O)OCCOC(=O)c2cccnc2)C1c1cccc(Cl)c1Cl. The van der Waals surface area contributed by atoms with Crippen LogP contribution in [0.5, 0.6) is 0 Å². The first-order valence-corrected chi connectivity index (χ1v) is 11.0. The predicted molar refractivity (Wildman–Crippen MR) is 125 cm³/mol. The number of methoxy groups -OCH3 is 1. The number of carbonyl (C=O) groups is 3. The molecule has 3 rings (SSSR count). The number of hydrogen-bond acceptors (Lipinski definition) is 8. The highest BCUT2D eigenvalue weighted by atomic mass is 35.5. The van der Waals surface area contributed by atoms with E-state index in [0.29, 0.717) is 17.0 Å². The summed E-state index contributed by atoms with van der Waals surface area (Å²) in [5.41, 5.74) is 2.07. The van der Waals surface area contributed by atoms with Crippen molar-refractivity contribution in [3.63, 3.8) is 0 Å². The molecule has 0 saturated heterocycles. The molecule has 8 nitrogen and oxygen atoms in total. The topological polar surface area (TPSA) is 104 Å². The quantitative estimate of drug-likeness (QED) is 0.340. The van der Waals surface area contributed by atoms with E-state index in [0.717, 1.165) is 0 Å². The van der Waals surface area contributed by atoms with Crippen LogP contribution in [0.3, 0.4) is 0 Å². The Kier molecular flexibility index (Phi) is 8.31. The largest absolute Gasteiger partial charge is 0.466 e. The van der Waals surface area contributed by atoms with E-state index < -0.39 is 23.8 Å². The van der Waals surface area contributed by atoms with Crippen LogP contribution in [0.1, 0.15) is 35.7 Å². The van der Waals surface area contributed by atoms with Crippen LogP contribution in [-0.2, 0) is 23.8 Å². The molecule has 0 saturated carbocycles. The van der Waals surface area contributed by atoms with Crippen molar-refractivity contribution in [3.05, 3.63) is 86.4 Å². The van der Waals surface area contributed by atoms with Gasteiger partial charge in [0.05, 0.1) is 39.8 Å². The first-order chi connectivity index (χ1) is 16.3. The molecule has 0 aliphatic carbocycles. The van der Waals surface area contributed by atoms with Crippen molar-refractivity contribution in [1.29, 1.82) is 0 Å². The summed E-state index contributed by atoms with van der Waals surface area (Å²) in [4.78, 5) is 41.7. The van der Waals surface area contributed by atoms with Crippen LogP contribution in [0, 0.1) is 0 Å². The zero-order valence-corrected chi connectivity index (χ0v) is 20.2. The molecule has 0 amide bonds. The van der Waals surface area contributed by atoms with Gasteiger partial charge in [-0.3, -0.25) is 4.98 Å². The van der Waals surface area contributed by atoms with Gasteiger partial charge in [-0.25, -0.2) is 14.4 Å². The predicted octanol–water partition coefficient (Wildman–Crippen LogP) is 4.20. The number of halogens is 2. The summed E-state index contributed by atoms with van der Waals surface area (Å²) in [6.07, 6.45) is 2.91. The zero-order chi connectivity index (χ0) is 24.8. The summed E-state index contributed by atoms with van der Waals surface area (Å²) in [6, 6.07) is 8.12. The fourth-order valence-electron chi connectivity index (χ4n) is 3.61. The van der Waals surface area contributed by atoms with Gasteiger partial charge in [0.1, 0.15) is 13.2 Å². The molecule has 10 heteroatoms. The number of benzene rings is 1. The number of pyridine rings is 1. The van der Waals surface area contributed by atoms with Gasteiger partial charge in [-0.15, -0.1) is 0 Å². The summed E-state index contributed by atoms with van der Waals surface area (Å²) in [5.74, 6) is -2.81. The molecule has 1 unspecified atom stereocenters. The van der Waals surface area contributed by atoms with Gasteiger partial charge in [-0.05, 0) is 37.6 Å². The molecule has 1 aliphatic heterocycles. The van der Waals surface area contributed by atoms with E-state index in [9.17, 15) is 14.4 Å². The number of allylic oxidation sites excluding steroid dienone is 2. The Bertz CT molecular complexity index is 1180. The van der Waals surface area contributed by atoms with Crippen LogP contribution in [0.25, 0.3) is 0 Å². The highest BCUT2D eigenvalue weighted by molar-refractivity contribution is 6.42. The Labute approximate surface area is 206 Å². The molecule has 178 valence electrons. The van der Waals surface area contributed by atoms with Gasteiger partial charge in [0.2, 0.25) is 0 Å². The van der Waals surface area contributed by atoms with Gasteiger partial charge in [-0.1, -0.05) is 35.3 Å². The monoisotopic (exact) mass is 504 g/mol. The number of rotatable bonds is 7. The Morgan fingerprint density at radius 2 is 1.59 bits per heavy atom. The van der Waals surface area contributed by atoms with Crippen molar-refractivity contribution in [2.75, 3.05) is 20.3 Å². The summed E-state index contributed by atoms with van der Waals surface area (Å²) in [7, 11) is 1.25. The molecule has 0 radical (unpaired) electrons. The molecule has 0 bridgehead atoms. The minimum atomic E-state index is -0.884. The van der Waals surface area contributed by atoms with Gasteiger partial charge in [-0.2, -0.15) is 0 Å². The van der Waals surface area contributed by atoms with Gasteiger partial charge < -0.3 is 19.5 Å². The fourth-order valence-corrected chi connectivity index (χ4v) is 4.03. The molecular weight excluding hydrogens is 483 g/mol. The first-order valence-electron chi connectivity index (χ1n) is 10.2. The average molecular weight is 505 g/mol. The van der Waals surface area contributed by atoms with Crippen molar-refractivity contribution >= 4 is 41.1 Å². The fraction of sp³-hybridized carbons (Fsp3) is 0.250. The second kappa shape index (κ2) is 11.2. The Morgan fingerprint density at radius 3 is 2.21 bits per heavy atom. The zero-order valence-electron chi connectivity index (χ0n) is 18.7. The number of esters is 3. The first kappa shape index (κ1) is 25.3. The van der Waals surface area contributed by atoms with Crippen LogP contribution in [0.2, 0.25) is 10.0 Å². The number of nitrogens with zero attached hydrogens (tertiary/aromatic N) is 1. The maximum Gasteiger partial charge on any atom is 0.339 e. The second-order valence-corrected chi connectivity index (χ2v) is 8.07. The third-order valence-corrected chi connectivity index (χ3v) is 5.96. The van der Waals surface area contributed by atoms with Crippen molar-refractivity contribution < 1.29 is 28.6 Å². The van der Waals surface area contributed by atoms with E-state index in [-0.39, 0.29) is 40.0 Å². The normalized spacial score (nSPS) is 15.5. The van der Waals surface area contributed by atoms with Crippen molar-refractivity contribution in [3.8, 4) is 0 Å². The standard InChI is InChI=1S/C24H22Cl2N2O6/c1-13-18(23(30)32-3)20(16-7-4-8-17(25)21(16)26)19(14(2)28-13)24(31)34-11-10-33-22(29)15-6-5-9-27-12-15/h4-9,12,20,28H,10-11H2,1-3H3. The molecule has 34 heavy (non-hydrogen) atoms. The van der Waals surface area contributed by atoms with Crippen molar-refractivity contribution in [2.24, 2.45) is 0 Å². The molecule has 1 atom stereocenters. The molecule has 1 aromatic heterocycles. The molecule has 0 fully saturated rings. The van der Waals surface area contributed by atoms with E-state index in [4.69, 9.17) is 37.4 Å². The van der Waals surface area contributed by atoms with Gasteiger partial charge >= 0.3 is 17.9 Å². The van der Waals surface area contributed by atoms with E-state index in [1.165, 1.54) is 19.5 Å². The summed E-state index contributed by atoms with van der Waals surface area (Å²) < 4.78 is 15.5. The van der Waals surface area contributed by atoms with Crippen LogP contribution in [0.4, 0.5) is 0 Å². The Hall–Kier alpha value is -3.36. The van der Waals surface area contributed by atoms with Crippen LogP contribution in [-0.4, -0.2) is 43.2 Å². The minimum Gasteiger partial charge on any atom is -0.466 e. The molecule has 1 aliphatic rings. The highest BCUT2D eigenvalue weighted by Gasteiger charge is 2.39. The molecule has 1 aromatic carbocycles. The summed E-state index contributed by atoms with van der Waals surface area (Å²) in [5, 5.41) is 3.50. The van der Waals surface area contributed by atoms with Crippen LogP contribution in [0.15, 0.2) is 65.3 Å². The lowest BCUT2D eigenvalue weighted by atomic mass is 9.80. The molecule has 0 spiro atoms. The Morgan fingerprint density at radius 1 is 0.941 bits per heavy atom. The summed E-state index contributed by atoms with van der Waals surface area (Å²) >= 11 is 12.7. The van der Waals surface area contributed by atoms with E-state index in [1.54, 1.807) is 44.2 Å². The maximum absolute atomic E-state index is 13.1. The molecule has 1 N–H and O–H groups in total. The summed E-state index contributed by atoms with van der Waals surface area (Å²) in [6.45, 7) is 3.01. The highest BCUT2D eigenvalue weighted by Crippen LogP contribution is 2.43. The lowest BCUT2D eigenvalue weighted by molar-refractivity contribution is -0.140. The average Bonchev–Trinajstić information content (AvgIpc) is 2.83. The van der Waals surface area contributed by atoms with Gasteiger partial charge in [0, 0.05) is 23.8 Å². The number of hydrogen-bond donors (Lipinski definition) is 1. The van der Waals surface area contributed by atoms with Crippen molar-refractivity contribution in [2.45, 2.75) is 19.8 Å². The van der Waals surface area contributed by atoms with Gasteiger partial charge in [0.25, 0.3) is 0 Å². The number of aromatic nitrogens is 1. The number of dihydropyridines is 1. The minimum absolute atomic E-state index is 0.161. The molecule has 2 heterocycles. The third-order valence-electron chi connectivity index (χ3n) is 5.12. The lowest BCUT2D eigenvalue weighted by Gasteiger charge is -2.30. The van der Waals surface area contributed by atoms with E-state index in [2.05, 4.69) is 10.3 Å².